The first kappa shape index (κ1) is 9.86. The number of nitrogens with one attached hydrogen (secondary N) is 1. The van der Waals surface area contributed by atoms with Gasteiger partial charge >= 0.3 is 0 Å². The summed E-state index contributed by atoms with van der Waals surface area (Å²) in [4.78, 5) is 16.2. The molecule has 0 saturated carbocycles. The molecule has 0 radical (unpaired) electrons. The van der Waals surface area contributed by atoms with E-state index in [4.69, 9.17) is 0 Å². The zero-order valence-electron chi connectivity index (χ0n) is 8.82. The van der Waals surface area contributed by atoms with Gasteiger partial charge in [-0.2, -0.15) is 0 Å². The van der Waals surface area contributed by atoms with Gasteiger partial charge in [0.05, 0.1) is 23.9 Å². The van der Waals surface area contributed by atoms with E-state index >= 15 is 0 Å². The maximum Gasteiger partial charge on any atom is 0.262 e. The molecule has 0 bridgehead atoms. The maximum atomic E-state index is 12.0. The van der Waals surface area contributed by atoms with E-state index in [1.807, 2.05) is 25.1 Å². The molecule has 1 aromatic heterocycles. The highest BCUT2D eigenvalue weighted by molar-refractivity contribution is 5.77. The summed E-state index contributed by atoms with van der Waals surface area (Å²) < 4.78 is 1.56. The minimum absolute atomic E-state index is 0.00181. The smallest absolute Gasteiger partial charge is 0.262 e. The van der Waals surface area contributed by atoms with Crippen LogP contribution in [0.3, 0.4) is 0 Å². The number of benzene rings is 1. The summed E-state index contributed by atoms with van der Waals surface area (Å²) in [6.07, 6.45) is 1.57. The van der Waals surface area contributed by atoms with Gasteiger partial charge in [0.1, 0.15) is 0 Å². The summed E-state index contributed by atoms with van der Waals surface area (Å²) in [5, 5.41) is 3.60. The van der Waals surface area contributed by atoms with E-state index in [0.717, 1.165) is 11.1 Å². The van der Waals surface area contributed by atoms with Crippen LogP contribution in [0.25, 0.3) is 10.9 Å². The normalized spacial score (nSPS) is 10.8. The Balaban J connectivity index is 2.71. The Labute approximate surface area is 87.6 Å². The van der Waals surface area contributed by atoms with Gasteiger partial charge in [-0.15, -0.1) is 0 Å². The molecule has 0 amide bonds. The molecular formula is C11H13N3O. The molecule has 0 fully saturated rings. The van der Waals surface area contributed by atoms with Crippen molar-refractivity contribution in [3.8, 4) is 0 Å². The molecule has 4 nitrogen and oxygen atoms in total. The highest BCUT2D eigenvalue weighted by Crippen LogP contribution is 2.08. The summed E-state index contributed by atoms with van der Waals surface area (Å²) in [7, 11) is 1.80. The predicted octanol–water partition coefficient (Wildman–Crippen LogP) is 0.882. The SMILES string of the molecule is CNCn1cnc2ccc(C)cc2c1=O. The van der Waals surface area contributed by atoms with Crippen molar-refractivity contribution in [2.45, 2.75) is 13.6 Å². The van der Waals surface area contributed by atoms with E-state index in [2.05, 4.69) is 10.3 Å². The van der Waals surface area contributed by atoms with Gasteiger partial charge in [0, 0.05) is 0 Å². The van der Waals surface area contributed by atoms with Crippen molar-refractivity contribution < 1.29 is 0 Å². The minimum Gasteiger partial charge on any atom is -0.303 e. The molecule has 0 spiro atoms. The van der Waals surface area contributed by atoms with Gasteiger partial charge in [-0.3, -0.25) is 9.36 Å². The summed E-state index contributed by atoms with van der Waals surface area (Å²) in [6, 6.07) is 5.70. The topological polar surface area (TPSA) is 46.9 Å². The third kappa shape index (κ3) is 1.76. The number of nitrogens with zero attached hydrogens (tertiary/aromatic N) is 2. The largest absolute Gasteiger partial charge is 0.303 e. The molecule has 2 rings (SSSR count). The van der Waals surface area contributed by atoms with Crippen LogP contribution in [0.4, 0.5) is 0 Å². The van der Waals surface area contributed by atoms with Crippen molar-refractivity contribution in [3.63, 3.8) is 0 Å². The number of fused-ring (bicyclic) bond motifs is 1. The van der Waals surface area contributed by atoms with Gasteiger partial charge in [-0.1, -0.05) is 11.6 Å². The first-order valence-corrected chi connectivity index (χ1v) is 4.83. The van der Waals surface area contributed by atoms with Crippen LogP contribution in [-0.2, 0) is 6.67 Å². The summed E-state index contributed by atoms with van der Waals surface area (Å²) in [6.45, 7) is 2.45. The molecule has 1 heterocycles. The van der Waals surface area contributed by atoms with Gasteiger partial charge < -0.3 is 5.32 Å². The summed E-state index contributed by atoms with van der Waals surface area (Å²) in [5.41, 5.74) is 1.82. The monoisotopic (exact) mass is 203 g/mol. The van der Waals surface area contributed by atoms with Gasteiger partial charge in [-0.05, 0) is 26.1 Å². The maximum absolute atomic E-state index is 12.0. The number of rotatable bonds is 2. The van der Waals surface area contributed by atoms with E-state index in [9.17, 15) is 4.79 Å². The molecule has 0 aliphatic rings. The molecule has 15 heavy (non-hydrogen) atoms. The fourth-order valence-electron chi connectivity index (χ4n) is 1.56. The van der Waals surface area contributed by atoms with Crippen LogP contribution in [0.2, 0.25) is 0 Å². The summed E-state index contributed by atoms with van der Waals surface area (Å²) in [5.74, 6) is 0. The lowest BCUT2D eigenvalue weighted by molar-refractivity contribution is 0.593. The molecule has 0 aliphatic heterocycles. The molecule has 0 saturated heterocycles. The lowest BCUT2D eigenvalue weighted by Crippen LogP contribution is -2.26. The lowest BCUT2D eigenvalue weighted by Gasteiger charge is -2.05. The van der Waals surface area contributed by atoms with Crippen LogP contribution in [-0.4, -0.2) is 16.6 Å². The molecule has 4 heteroatoms. The minimum atomic E-state index is -0.00181. The van der Waals surface area contributed by atoms with E-state index in [0.29, 0.717) is 12.1 Å². The van der Waals surface area contributed by atoms with Crippen LogP contribution in [0.15, 0.2) is 29.3 Å². The number of aryl methyl sites for hydroxylation is 1. The van der Waals surface area contributed by atoms with E-state index in [1.165, 1.54) is 0 Å². The zero-order chi connectivity index (χ0) is 10.8. The Bertz CT molecular complexity index is 545. The lowest BCUT2D eigenvalue weighted by atomic mass is 10.2. The third-order valence-corrected chi connectivity index (χ3v) is 2.31. The molecule has 0 unspecified atom stereocenters. The second kappa shape index (κ2) is 3.82. The van der Waals surface area contributed by atoms with Crippen LogP contribution < -0.4 is 10.9 Å². The van der Waals surface area contributed by atoms with E-state index < -0.39 is 0 Å². The Morgan fingerprint density at radius 2 is 2.27 bits per heavy atom. The number of aromatic nitrogens is 2. The summed E-state index contributed by atoms with van der Waals surface area (Å²) >= 11 is 0. The van der Waals surface area contributed by atoms with Crippen LogP contribution in [0.5, 0.6) is 0 Å². The Morgan fingerprint density at radius 1 is 1.47 bits per heavy atom. The fourth-order valence-corrected chi connectivity index (χ4v) is 1.56. The molecule has 2 aromatic rings. The first-order valence-electron chi connectivity index (χ1n) is 4.83. The van der Waals surface area contributed by atoms with E-state index in [-0.39, 0.29) is 5.56 Å². The van der Waals surface area contributed by atoms with Crippen molar-refractivity contribution in [2.75, 3.05) is 7.05 Å². The molecule has 0 aliphatic carbocycles. The average Bonchev–Trinajstić information content (AvgIpc) is 2.23. The second-order valence-corrected chi connectivity index (χ2v) is 3.55. The van der Waals surface area contributed by atoms with Crippen LogP contribution >= 0.6 is 0 Å². The van der Waals surface area contributed by atoms with Crippen molar-refractivity contribution in [1.82, 2.24) is 14.9 Å². The average molecular weight is 203 g/mol. The van der Waals surface area contributed by atoms with Gasteiger partial charge in [-0.25, -0.2) is 4.98 Å². The zero-order valence-corrected chi connectivity index (χ0v) is 8.82. The molecule has 78 valence electrons. The van der Waals surface area contributed by atoms with Crippen LogP contribution in [0, 0.1) is 6.92 Å². The third-order valence-electron chi connectivity index (χ3n) is 2.31. The highest BCUT2D eigenvalue weighted by Gasteiger charge is 2.02. The van der Waals surface area contributed by atoms with Crippen molar-refractivity contribution in [3.05, 3.63) is 40.4 Å². The predicted molar refractivity (Wildman–Crippen MR) is 59.8 cm³/mol. The van der Waals surface area contributed by atoms with Crippen LogP contribution in [0.1, 0.15) is 5.56 Å². The van der Waals surface area contributed by atoms with Crippen molar-refractivity contribution in [2.24, 2.45) is 0 Å². The molecule has 0 atom stereocenters. The molecule has 1 N–H and O–H groups in total. The van der Waals surface area contributed by atoms with Crippen molar-refractivity contribution >= 4 is 10.9 Å². The fraction of sp³-hybridized carbons (Fsp3) is 0.273. The van der Waals surface area contributed by atoms with Gasteiger partial charge in [0.2, 0.25) is 0 Å². The number of hydrogen-bond acceptors (Lipinski definition) is 3. The number of hydrogen-bond donors (Lipinski definition) is 1. The Kier molecular flexibility index (Phi) is 2.51. The Morgan fingerprint density at radius 3 is 3.00 bits per heavy atom. The standard InChI is InChI=1S/C11H13N3O/c1-8-3-4-10-9(5-8)11(15)14(6-12-2)7-13-10/h3-5,7,12H,6H2,1-2H3. The molecular weight excluding hydrogens is 190 g/mol. The second-order valence-electron chi connectivity index (χ2n) is 3.55. The van der Waals surface area contributed by atoms with Gasteiger partial charge in [0.25, 0.3) is 5.56 Å². The van der Waals surface area contributed by atoms with E-state index in [1.54, 1.807) is 17.9 Å². The quantitative estimate of drug-likeness (QED) is 0.788. The Hall–Kier alpha value is -1.68. The first-order chi connectivity index (χ1) is 7.22. The highest BCUT2D eigenvalue weighted by atomic mass is 16.1. The van der Waals surface area contributed by atoms with Crippen molar-refractivity contribution in [1.29, 1.82) is 0 Å². The molecule has 1 aromatic carbocycles. The van der Waals surface area contributed by atoms with Gasteiger partial charge in [0.15, 0.2) is 0 Å².